The van der Waals surface area contributed by atoms with Crippen LogP contribution in [0.4, 0.5) is 10.1 Å². The first kappa shape index (κ1) is 14.3. The van der Waals surface area contributed by atoms with Crippen LogP contribution in [-0.4, -0.2) is 10.3 Å². The minimum atomic E-state index is -0.561. The van der Waals surface area contributed by atoms with Crippen LogP contribution in [0.3, 0.4) is 0 Å². The van der Waals surface area contributed by atoms with Gasteiger partial charge >= 0.3 is 0 Å². The lowest BCUT2D eigenvalue weighted by Crippen LogP contribution is -2.26. The molecule has 3 atom stereocenters. The fourth-order valence-corrected chi connectivity index (χ4v) is 3.15. The topological polar surface area (TPSA) is 43.1 Å². The van der Waals surface area contributed by atoms with E-state index in [0.717, 1.165) is 25.3 Å². The van der Waals surface area contributed by atoms with Crippen LogP contribution in [-0.2, 0) is 6.42 Å². The molecule has 1 fully saturated rings. The predicted molar refractivity (Wildman–Crippen MR) is 72.9 cm³/mol. The van der Waals surface area contributed by atoms with Gasteiger partial charge in [-0.1, -0.05) is 6.92 Å². The molecule has 1 aromatic rings. The van der Waals surface area contributed by atoms with Crippen molar-refractivity contribution >= 4 is 17.3 Å². The predicted octanol–water partition coefficient (Wildman–Crippen LogP) is 4.32. The van der Waals surface area contributed by atoms with Gasteiger partial charge in [-0.15, -0.1) is 11.6 Å². The van der Waals surface area contributed by atoms with Crippen LogP contribution in [0.15, 0.2) is 18.2 Å². The molecule has 104 valence electrons. The van der Waals surface area contributed by atoms with Gasteiger partial charge in [-0.05, 0) is 49.1 Å². The highest BCUT2D eigenvalue weighted by atomic mass is 35.5. The zero-order valence-corrected chi connectivity index (χ0v) is 11.6. The molecule has 1 aromatic carbocycles. The normalized spacial score (nSPS) is 27.2. The van der Waals surface area contributed by atoms with Crippen LogP contribution in [0.5, 0.6) is 0 Å². The molecule has 3 unspecified atom stereocenters. The van der Waals surface area contributed by atoms with E-state index in [1.807, 2.05) is 0 Å². The van der Waals surface area contributed by atoms with E-state index in [1.54, 1.807) is 0 Å². The van der Waals surface area contributed by atoms with Gasteiger partial charge in [-0.3, -0.25) is 10.1 Å². The van der Waals surface area contributed by atoms with E-state index in [-0.39, 0.29) is 17.0 Å². The highest BCUT2D eigenvalue weighted by molar-refractivity contribution is 6.20. The molecule has 0 N–H and O–H groups in total. The molecular weight excluding hydrogens is 269 g/mol. The molecule has 19 heavy (non-hydrogen) atoms. The molecule has 5 heteroatoms. The van der Waals surface area contributed by atoms with Crippen LogP contribution in [0.2, 0.25) is 0 Å². The number of nitro groups is 1. The minimum absolute atomic E-state index is 0.0820. The number of non-ortho nitro benzene ring substituents is 1. The summed E-state index contributed by atoms with van der Waals surface area (Å²) in [6.45, 7) is 2.18. The van der Waals surface area contributed by atoms with Crippen LogP contribution in [0.25, 0.3) is 0 Å². The quantitative estimate of drug-likeness (QED) is 0.471. The largest absolute Gasteiger partial charge is 0.272 e. The molecule has 1 aliphatic rings. The zero-order valence-electron chi connectivity index (χ0n) is 10.8. The van der Waals surface area contributed by atoms with Gasteiger partial charge in [0, 0.05) is 11.4 Å². The van der Waals surface area contributed by atoms with Gasteiger partial charge in [0.1, 0.15) is 5.82 Å². The number of alkyl halides is 1. The maximum absolute atomic E-state index is 13.4. The van der Waals surface area contributed by atoms with Crippen LogP contribution < -0.4 is 0 Å². The molecule has 0 amide bonds. The fourth-order valence-electron chi connectivity index (χ4n) is 2.83. The van der Waals surface area contributed by atoms with Crippen molar-refractivity contribution in [2.24, 2.45) is 11.8 Å². The Balaban J connectivity index is 2.16. The molecule has 0 aliphatic heterocycles. The van der Waals surface area contributed by atoms with Crippen molar-refractivity contribution in [2.45, 2.75) is 38.0 Å². The second-order valence-corrected chi connectivity index (χ2v) is 6.03. The molecule has 0 radical (unpaired) electrons. The summed E-state index contributed by atoms with van der Waals surface area (Å²) in [4.78, 5) is 10.2. The standard InChI is InChI=1S/C14H17ClFNO2/c1-9-2-3-14(15)11(4-9)5-10-6-12(16)8-13(7-10)17(18)19/h6-9,11,14H,2-5H2,1H3. The van der Waals surface area contributed by atoms with Crippen molar-refractivity contribution in [1.29, 1.82) is 0 Å². The number of hydrogen-bond donors (Lipinski definition) is 0. The lowest BCUT2D eigenvalue weighted by atomic mass is 9.79. The summed E-state index contributed by atoms with van der Waals surface area (Å²) in [5, 5.41) is 10.8. The van der Waals surface area contributed by atoms with E-state index < -0.39 is 10.7 Å². The smallest absolute Gasteiger partial charge is 0.258 e. The fraction of sp³-hybridized carbons (Fsp3) is 0.571. The van der Waals surface area contributed by atoms with Crippen LogP contribution in [0, 0.1) is 27.8 Å². The Labute approximate surface area is 116 Å². The zero-order chi connectivity index (χ0) is 14.0. The molecule has 0 bridgehead atoms. The Kier molecular flexibility index (Phi) is 4.40. The van der Waals surface area contributed by atoms with Crippen molar-refractivity contribution < 1.29 is 9.31 Å². The van der Waals surface area contributed by atoms with E-state index in [1.165, 1.54) is 12.1 Å². The summed E-state index contributed by atoms with van der Waals surface area (Å²) >= 11 is 6.31. The Hall–Kier alpha value is -1.16. The average molecular weight is 286 g/mol. The first-order chi connectivity index (χ1) is 8.95. The molecule has 0 aromatic heterocycles. The minimum Gasteiger partial charge on any atom is -0.258 e. The summed E-state index contributed by atoms with van der Waals surface area (Å²) in [6, 6.07) is 3.77. The number of halogens is 2. The first-order valence-corrected chi connectivity index (χ1v) is 6.97. The first-order valence-electron chi connectivity index (χ1n) is 6.53. The maximum Gasteiger partial charge on any atom is 0.272 e. The second-order valence-electron chi connectivity index (χ2n) is 5.47. The van der Waals surface area contributed by atoms with E-state index in [2.05, 4.69) is 6.92 Å². The molecule has 2 rings (SSSR count). The molecule has 1 aliphatic carbocycles. The van der Waals surface area contributed by atoms with Gasteiger partial charge in [-0.2, -0.15) is 0 Å². The van der Waals surface area contributed by atoms with Gasteiger partial charge in [0.05, 0.1) is 11.0 Å². The molecule has 3 nitrogen and oxygen atoms in total. The summed E-state index contributed by atoms with van der Waals surface area (Å²) in [5.41, 5.74) is 0.474. The molecule has 0 heterocycles. The highest BCUT2D eigenvalue weighted by Gasteiger charge is 2.27. The van der Waals surface area contributed by atoms with Gasteiger partial charge in [0.2, 0.25) is 0 Å². The van der Waals surface area contributed by atoms with E-state index >= 15 is 0 Å². The van der Waals surface area contributed by atoms with Crippen LogP contribution >= 0.6 is 11.6 Å². The maximum atomic E-state index is 13.4. The molecule has 0 saturated heterocycles. The van der Waals surface area contributed by atoms with Gasteiger partial charge in [-0.25, -0.2) is 4.39 Å². The Morgan fingerprint density at radius 3 is 2.84 bits per heavy atom. The van der Waals surface area contributed by atoms with Crippen molar-refractivity contribution in [2.75, 3.05) is 0 Å². The van der Waals surface area contributed by atoms with Crippen molar-refractivity contribution in [1.82, 2.24) is 0 Å². The molecule has 1 saturated carbocycles. The van der Waals surface area contributed by atoms with Crippen molar-refractivity contribution in [3.8, 4) is 0 Å². The van der Waals surface area contributed by atoms with E-state index in [4.69, 9.17) is 11.6 Å². The van der Waals surface area contributed by atoms with E-state index in [9.17, 15) is 14.5 Å². The summed E-state index contributed by atoms with van der Waals surface area (Å²) in [6.07, 6.45) is 3.69. The molecular formula is C14H17ClFNO2. The van der Waals surface area contributed by atoms with Gasteiger partial charge in [0.15, 0.2) is 0 Å². The monoisotopic (exact) mass is 285 g/mol. The summed E-state index contributed by atoms with van der Waals surface area (Å²) < 4.78 is 13.4. The second kappa shape index (κ2) is 5.87. The average Bonchev–Trinajstić information content (AvgIpc) is 2.33. The lowest BCUT2D eigenvalue weighted by Gasteiger charge is -2.31. The third kappa shape index (κ3) is 3.66. The Bertz CT molecular complexity index is 481. The molecule has 0 spiro atoms. The number of rotatable bonds is 3. The summed E-state index contributed by atoms with van der Waals surface area (Å²) in [5.74, 6) is 0.328. The van der Waals surface area contributed by atoms with Crippen LogP contribution in [0.1, 0.15) is 31.7 Å². The highest BCUT2D eigenvalue weighted by Crippen LogP contribution is 2.35. The Morgan fingerprint density at radius 1 is 1.42 bits per heavy atom. The lowest BCUT2D eigenvalue weighted by molar-refractivity contribution is -0.385. The number of nitro benzene ring substituents is 1. The third-order valence-electron chi connectivity index (χ3n) is 3.80. The Morgan fingerprint density at radius 2 is 2.16 bits per heavy atom. The van der Waals surface area contributed by atoms with E-state index in [0.29, 0.717) is 17.9 Å². The third-order valence-corrected chi connectivity index (χ3v) is 4.38. The number of nitrogens with zero attached hydrogens (tertiary/aromatic N) is 1. The van der Waals surface area contributed by atoms with Gasteiger partial charge < -0.3 is 0 Å². The number of hydrogen-bond acceptors (Lipinski definition) is 2. The van der Waals surface area contributed by atoms with Crippen molar-refractivity contribution in [3.63, 3.8) is 0 Å². The van der Waals surface area contributed by atoms with Gasteiger partial charge in [0.25, 0.3) is 5.69 Å². The SMILES string of the molecule is CC1CCC(Cl)C(Cc2cc(F)cc([N+](=O)[O-])c2)C1. The van der Waals surface area contributed by atoms with Crippen molar-refractivity contribution in [3.05, 3.63) is 39.7 Å². The number of benzene rings is 1. The summed E-state index contributed by atoms with van der Waals surface area (Å²) in [7, 11) is 0.